The number of rotatable bonds is 5. The maximum absolute atomic E-state index is 4.49. The van der Waals surface area contributed by atoms with E-state index in [9.17, 15) is 0 Å². The molecule has 4 nitrogen and oxygen atoms in total. The second-order valence-corrected chi connectivity index (χ2v) is 5.39. The summed E-state index contributed by atoms with van der Waals surface area (Å²) in [7, 11) is 4.02. The van der Waals surface area contributed by atoms with Crippen LogP contribution in [0.4, 0.5) is 0 Å². The molecule has 0 bridgehead atoms. The van der Waals surface area contributed by atoms with Crippen molar-refractivity contribution >= 4 is 0 Å². The number of nitrogens with zero attached hydrogens (tertiary/aromatic N) is 3. The quantitative estimate of drug-likeness (QED) is 0.910. The van der Waals surface area contributed by atoms with Gasteiger partial charge in [-0.1, -0.05) is 0 Å². The molecule has 0 aliphatic rings. The Morgan fingerprint density at radius 3 is 2.60 bits per heavy atom. The summed E-state index contributed by atoms with van der Waals surface area (Å²) in [5.74, 6) is 0. The average Bonchev–Trinajstić information content (AvgIpc) is 2.67. The lowest BCUT2D eigenvalue weighted by molar-refractivity contribution is 0.543. The molecular weight excluding hydrogens is 248 g/mol. The molecule has 20 heavy (non-hydrogen) atoms. The molecule has 0 fully saturated rings. The van der Waals surface area contributed by atoms with Crippen LogP contribution in [0.3, 0.4) is 0 Å². The van der Waals surface area contributed by atoms with Gasteiger partial charge in [0.05, 0.1) is 5.69 Å². The molecule has 2 aromatic heterocycles. The third-order valence-electron chi connectivity index (χ3n) is 4.15. The Balaban J connectivity index is 2.14. The molecule has 0 aliphatic carbocycles. The minimum absolute atomic E-state index is 0.336. The fourth-order valence-electron chi connectivity index (χ4n) is 2.76. The van der Waals surface area contributed by atoms with Crippen molar-refractivity contribution in [3.05, 3.63) is 46.5 Å². The van der Waals surface area contributed by atoms with Crippen molar-refractivity contribution in [2.45, 2.75) is 39.7 Å². The second-order valence-electron chi connectivity index (χ2n) is 5.39. The number of hydrogen-bond acceptors (Lipinski definition) is 3. The molecule has 2 heterocycles. The molecule has 0 aliphatic heterocycles. The third kappa shape index (κ3) is 2.90. The summed E-state index contributed by atoms with van der Waals surface area (Å²) in [5, 5.41) is 7.90. The van der Waals surface area contributed by atoms with Crippen molar-refractivity contribution < 1.29 is 0 Å². The highest BCUT2D eigenvalue weighted by Crippen LogP contribution is 2.23. The lowest BCUT2D eigenvalue weighted by Gasteiger charge is -2.18. The first-order valence-electron chi connectivity index (χ1n) is 7.11. The van der Waals surface area contributed by atoms with Crippen LogP contribution in [0.25, 0.3) is 0 Å². The molecule has 108 valence electrons. The van der Waals surface area contributed by atoms with Crippen LogP contribution in [0, 0.1) is 20.8 Å². The van der Waals surface area contributed by atoms with E-state index in [1.54, 1.807) is 0 Å². The topological polar surface area (TPSA) is 42.7 Å². The summed E-state index contributed by atoms with van der Waals surface area (Å²) in [6, 6.07) is 2.41. The van der Waals surface area contributed by atoms with E-state index >= 15 is 0 Å². The molecular formula is C16H24N4. The predicted octanol–water partition coefficient (Wildman–Crippen LogP) is 2.63. The highest BCUT2D eigenvalue weighted by molar-refractivity contribution is 5.27. The smallest absolute Gasteiger partial charge is 0.0628 e. The van der Waals surface area contributed by atoms with Gasteiger partial charge in [0.15, 0.2) is 0 Å². The zero-order chi connectivity index (χ0) is 14.7. The predicted molar refractivity (Wildman–Crippen MR) is 81.8 cm³/mol. The summed E-state index contributed by atoms with van der Waals surface area (Å²) in [5.41, 5.74) is 6.35. The fourth-order valence-corrected chi connectivity index (χ4v) is 2.76. The molecule has 2 aromatic rings. The van der Waals surface area contributed by atoms with Gasteiger partial charge >= 0.3 is 0 Å². The van der Waals surface area contributed by atoms with Crippen molar-refractivity contribution in [1.82, 2.24) is 20.1 Å². The van der Waals surface area contributed by atoms with Crippen LogP contribution in [0.5, 0.6) is 0 Å². The fraction of sp³-hybridized carbons (Fsp3) is 0.500. The summed E-state index contributed by atoms with van der Waals surface area (Å²) < 4.78 is 1.97. The summed E-state index contributed by atoms with van der Waals surface area (Å²) in [4.78, 5) is 4.25. The van der Waals surface area contributed by atoms with Crippen LogP contribution >= 0.6 is 0 Å². The third-order valence-corrected chi connectivity index (χ3v) is 4.15. The van der Waals surface area contributed by atoms with E-state index in [0.717, 1.165) is 18.5 Å². The Morgan fingerprint density at radius 1 is 1.30 bits per heavy atom. The van der Waals surface area contributed by atoms with Crippen molar-refractivity contribution in [3.63, 3.8) is 0 Å². The number of aryl methyl sites for hydroxylation is 3. The van der Waals surface area contributed by atoms with Crippen LogP contribution in [0.2, 0.25) is 0 Å². The highest BCUT2D eigenvalue weighted by atomic mass is 15.3. The monoisotopic (exact) mass is 272 g/mol. The highest BCUT2D eigenvalue weighted by Gasteiger charge is 2.15. The van der Waals surface area contributed by atoms with E-state index in [-0.39, 0.29) is 0 Å². The van der Waals surface area contributed by atoms with E-state index in [4.69, 9.17) is 0 Å². The van der Waals surface area contributed by atoms with Crippen molar-refractivity contribution in [3.8, 4) is 0 Å². The average molecular weight is 272 g/mol. The van der Waals surface area contributed by atoms with Crippen LogP contribution in [-0.4, -0.2) is 21.8 Å². The van der Waals surface area contributed by atoms with E-state index in [2.05, 4.69) is 42.2 Å². The number of nitrogens with one attached hydrogen (secondary N) is 1. The van der Waals surface area contributed by atoms with Gasteiger partial charge in [-0.15, -0.1) is 0 Å². The summed E-state index contributed by atoms with van der Waals surface area (Å²) in [6.45, 7) is 6.37. The maximum atomic E-state index is 4.49. The number of hydrogen-bond donors (Lipinski definition) is 1. The van der Waals surface area contributed by atoms with Gasteiger partial charge < -0.3 is 5.32 Å². The lowest BCUT2D eigenvalue weighted by Crippen LogP contribution is -2.18. The molecule has 0 radical (unpaired) electrons. The Bertz CT molecular complexity index is 586. The minimum atomic E-state index is 0.336. The van der Waals surface area contributed by atoms with Gasteiger partial charge in [0.2, 0.25) is 0 Å². The van der Waals surface area contributed by atoms with Crippen molar-refractivity contribution in [2.75, 3.05) is 7.05 Å². The van der Waals surface area contributed by atoms with Crippen LogP contribution in [0.1, 0.15) is 40.5 Å². The summed E-state index contributed by atoms with van der Waals surface area (Å²) in [6.07, 6.45) is 5.90. The van der Waals surface area contributed by atoms with Crippen LogP contribution < -0.4 is 5.32 Å². The van der Waals surface area contributed by atoms with Crippen molar-refractivity contribution in [1.29, 1.82) is 0 Å². The normalized spacial score (nSPS) is 12.7. The second kappa shape index (κ2) is 6.18. The SMILES string of the molecule is CNC(CCc1c(C)nn(C)c1C)c1cnccc1C. The van der Waals surface area contributed by atoms with Crippen LogP contribution in [-0.2, 0) is 13.5 Å². The number of aromatic nitrogens is 3. The Morgan fingerprint density at radius 2 is 2.05 bits per heavy atom. The molecule has 1 atom stereocenters. The Labute approximate surface area is 121 Å². The van der Waals surface area contributed by atoms with Crippen molar-refractivity contribution in [2.24, 2.45) is 7.05 Å². The largest absolute Gasteiger partial charge is 0.313 e. The molecule has 0 spiro atoms. The summed E-state index contributed by atoms with van der Waals surface area (Å²) >= 11 is 0. The first-order valence-corrected chi connectivity index (χ1v) is 7.11. The van der Waals surface area contributed by atoms with Gasteiger partial charge in [0, 0.05) is 31.2 Å². The Hall–Kier alpha value is -1.68. The molecule has 1 N–H and O–H groups in total. The molecule has 1 unspecified atom stereocenters. The van der Waals surface area contributed by atoms with Gasteiger partial charge in [-0.05, 0) is 63.4 Å². The van der Waals surface area contributed by atoms with Gasteiger partial charge in [-0.25, -0.2) is 0 Å². The van der Waals surface area contributed by atoms with E-state index in [1.165, 1.54) is 22.4 Å². The van der Waals surface area contributed by atoms with E-state index in [0.29, 0.717) is 6.04 Å². The lowest BCUT2D eigenvalue weighted by atomic mass is 9.96. The Kier molecular flexibility index (Phi) is 4.55. The zero-order valence-corrected chi connectivity index (χ0v) is 13.1. The van der Waals surface area contributed by atoms with Gasteiger partial charge in [-0.3, -0.25) is 9.67 Å². The molecule has 0 aromatic carbocycles. The van der Waals surface area contributed by atoms with Gasteiger partial charge in [0.25, 0.3) is 0 Å². The zero-order valence-electron chi connectivity index (χ0n) is 13.1. The van der Waals surface area contributed by atoms with E-state index in [1.807, 2.05) is 31.2 Å². The number of pyridine rings is 1. The maximum Gasteiger partial charge on any atom is 0.0628 e. The molecule has 0 saturated carbocycles. The minimum Gasteiger partial charge on any atom is -0.313 e. The molecule has 0 saturated heterocycles. The molecule has 0 amide bonds. The van der Waals surface area contributed by atoms with Gasteiger partial charge in [0.1, 0.15) is 0 Å². The first-order chi connectivity index (χ1) is 9.54. The van der Waals surface area contributed by atoms with Crippen LogP contribution in [0.15, 0.2) is 18.5 Å². The molecule has 4 heteroatoms. The molecule has 2 rings (SSSR count). The first kappa shape index (κ1) is 14.7. The van der Waals surface area contributed by atoms with Gasteiger partial charge in [-0.2, -0.15) is 5.10 Å². The standard InChI is InChI=1S/C16H24N4/c1-11-8-9-18-10-15(11)16(17-4)7-6-14-12(2)19-20(5)13(14)3/h8-10,16-17H,6-7H2,1-5H3. The van der Waals surface area contributed by atoms with E-state index < -0.39 is 0 Å².